The lowest BCUT2D eigenvalue weighted by Gasteiger charge is -2.18. The van der Waals surface area contributed by atoms with Crippen molar-refractivity contribution in [2.45, 2.75) is 31.6 Å². The molecule has 148 valence electrons. The lowest BCUT2D eigenvalue weighted by atomic mass is 10.3. The highest BCUT2D eigenvalue weighted by atomic mass is 32.2. The zero-order valence-electron chi connectivity index (χ0n) is 15.6. The number of fused-ring (bicyclic) bond motifs is 1. The number of aliphatic carboxylic acids is 1. The number of nitrogens with zero attached hydrogens (tertiary/aromatic N) is 3. The highest BCUT2D eigenvalue weighted by Gasteiger charge is 2.22. The fraction of sp³-hybridized carbons (Fsp3) is 0.471. The van der Waals surface area contributed by atoms with Crippen LogP contribution in [-0.4, -0.2) is 58.9 Å². The molecule has 0 unspecified atom stereocenters. The maximum Gasteiger partial charge on any atom is 0.322 e. The molecule has 0 aliphatic carbocycles. The average Bonchev–Trinajstić information content (AvgIpc) is 2.94. The van der Waals surface area contributed by atoms with E-state index in [-0.39, 0.29) is 17.2 Å². The van der Waals surface area contributed by atoms with Gasteiger partial charge in [0, 0.05) is 33.0 Å². The van der Waals surface area contributed by atoms with Crippen molar-refractivity contribution >= 4 is 32.9 Å². The van der Waals surface area contributed by atoms with E-state index in [4.69, 9.17) is 5.11 Å². The van der Waals surface area contributed by atoms with Crippen LogP contribution >= 0.6 is 0 Å². The van der Waals surface area contributed by atoms with Gasteiger partial charge in [0.05, 0.1) is 15.9 Å². The van der Waals surface area contributed by atoms with Crippen LogP contribution in [0, 0.1) is 0 Å². The van der Waals surface area contributed by atoms with Crippen LogP contribution in [0.25, 0.3) is 11.0 Å². The lowest BCUT2D eigenvalue weighted by Crippen LogP contribution is -2.30. The predicted octanol–water partition coefficient (Wildman–Crippen LogP) is 0.737. The topological polar surface area (TPSA) is 122 Å². The molecule has 0 aliphatic heterocycles. The molecule has 0 saturated heterocycles. The Hall–Kier alpha value is -2.46. The number of aryl methyl sites for hydroxylation is 2. The number of amides is 1. The molecule has 0 spiro atoms. The van der Waals surface area contributed by atoms with Gasteiger partial charge in [0.25, 0.3) is 0 Å². The summed E-state index contributed by atoms with van der Waals surface area (Å²) >= 11 is 0. The van der Waals surface area contributed by atoms with E-state index >= 15 is 0 Å². The van der Waals surface area contributed by atoms with Crippen molar-refractivity contribution < 1.29 is 23.1 Å². The number of rotatable bonds is 9. The number of hydrogen-bond donors (Lipinski definition) is 2. The summed E-state index contributed by atoms with van der Waals surface area (Å²) in [5.41, 5.74) is 1.29. The van der Waals surface area contributed by atoms with E-state index in [0.717, 1.165) is 5.52 Å². The Balaban J connectivity index is 2.24. The quantitative estimate of drug-likeness (QED) is 0.645. The summed E-state index contributed by atoms with van der Waals surface area (Å²) in [4.78, 5) is 26.8. The molecule has 0 fully saturated rings. The maximum absolute atomic E-state index is 12.7. The lowest BCUT2D eigenvalue weighted by molar-refractivity contribution is -0.137. The van der Waals surface area contributed by atoms with Crippen LogP contribution in [0.2, 0.25) is 0 Å². The molecule has 0 bridgehead atoms. The van der Waals surface area contributed by atoms with Gasteiger partial charge in [0.1, 0.15) is 12.4 Å². The Kier molecular flexibility index (Phi) is 6.55. The first-order valence-corrected chi connectivity index (χ1v) is 10.1. The third-order valence-electron chi connectivity index (χ3n) is 4.30. The molecule has 2 rings (SSSR count). The van der Waals surface area contributed by atoms with Crippen LogP contribution in [0.4, 0.5) is 0 Å². The van der Waals surface area contributed by atoms with Crippen LogP contribution < -0.4 is 5.32 Å². The fourth-order valence-corrected chi connectivity index (χ4v) is 4.29. The largest absolute Gasteiger partial charge is 0.480 e. The van der Waals surface area contributed by atoms with Gasteiger partial charge in [0.15, 0.2) is 0 Å². The molecule has 0 radical (unpaired) electrons. The first-order chi connectivity index (χ1) is 12.7. The smallest absolute Gasteiger partial charge is 0.322 e. The van der Waals surface area contributed by atoms with Gasteiger partial charge in [-0.25, -0.2) is 13.4 Å². The van der Waals surface area contributed by atoms with Crippen LogP contribution in [0.1, 0.15) is 26.1 Å². The predicted molar refractivity (Wildman–Crippen MR) is 99.8 cm³/mol. The molecule has 9 nitrogen and oxygen atoms in total. The van der Waals surface area contributed by atoms with Crippen molar-refractivity contribution in [1.82, 2.24) is 19.2 Å². The van der Waals surface area contributed by atoms with Gasteiger partial charge in [-0.1, -0.05) is 13.8 Å². The van der Waals surface area contributed by atoms with Crippen molar-refractivity contribution in [1.29, 1.82) is 0 Å². The fourth-order valence-electron chi connectivity index (χ4n) is 2.81. The zero-order chi connectivity index (χ0) is 20.2. The number of nitrogens with one attached hydrogen (secondary N) is 1. The Bertz CT molecular complexity index is 948. The van der Waals surface area contributed by atoms with Crippen molar-refractivity contribution in [3.8, 4) is 0 Å². The monoisotopic (exact) mass is 396 g/mol. The van der Waals surface area contributed by atoms with E-state index < -0.39 is 22.5 Å². The summed E-state index contributed by atoms with van der Waals surface area (Å²) in [6.07, 6.45) is 0.407. The second kappa shape index (κ2) is 8.49. The molecular weight excluding hydrogens is 372 g/mol. The van der Waals surface area contributed by atoms with Gasteiger partial charge in [-0.05, 0) is 18.2 Å². The third-order valence-corrected chi connectivity index (χ3v) is 6.35. The first-order valence-electron chi connectivity index (χ1n) is 8.64. The van der Waals surface area contributed by atoms with Gasteiger partial charge < -0.3 is 15.0 Å². The molecule has 1 heterocycles. The van der Waals surface area contributed by atoms with E-state index in [9.17, 15) is 18.0 Å². The number of sulfonamides is 1. The van der Waals surface area contributed by atoms with Gasteiger partial charge in [-0.15, -0.1) is 0 Å². The first kappa shape index (κ1) is 20.8. The number of aromatic nitrogens is 2. The average molecular weight is 396 g/mol. The second-order valence-electron chi connectivity index (χ2n) is 6.00. The molecule has 10 heteroatoms. The number of carboxylic acid groups (broad SMARTS) is 1. The van der Waals surface area contributed by atoms with Crippen LogP contribution in [0.3, 0.4) is 0 Å². The van der Waals surface area contributed by atoms with Crippen LogP contribution in [-0.2, 0) is 33.1 Å². The Morgan fingerprint density at radius 1 is 1.26 bits per heavy atom. The normalized spacial score (nSPS) is 11.9. The number of carbonyl (C=O) groups is 2. The van der Waals surface area contributed by atoms with E-state index in [1.165, 1.54) is 10.4 Å². The van der Waals surface area contributed by atoms with Crippen molar-refractivity contribution in [2.75, 3.05) is 19.6 Å². The summed E-state index contributed by atoms with van der Waals surface area (Å²) in [5.74, 6) is -0.866. The Labute approximate surface area is 158 Å². The number of benzene rings is 1. The number of imidazole rings is 1. The minimum absolute atomic E-state index is 0.0923. The highest BCUT2D eigenvalue weighted by Crippen LogP contribution is 2.22. The van der Waals surface area contributed by atoms with E-state index in [2.05, 4.69) is 10.3 Å². The Morgan fingerprint density at radius 2 is 1.93 bits per heavy atom. The van der Waals surface area contributed by atoms with E-state index in [0.29, 0.717) is 30.9 Å². The summed E-state index contributed by atoms with van der Waals surface area (Å²) in [7, 11) is -1.78. The molecule has 1 aromatic carbocycles. The molecule has 2 aromatic rings. The number of carbonyl (C=O) groups excluding carboxylic acids is 1. The highest BCUT2D eigenvalue weighted by molar-refractivity contribution is 7.89. The zero-order valence-corrected chi connectivity index (χ0v) is 16.4. The molecule has 27 heavy (non-hydrogen) atoms. The summed E-state index contributed by atoms with van der Waals surface area (Å²) in [5, 5.41) is 10.9. The Morgan fingerprint density at radius 3 is 2.52 bits per heavy atom. The van der Waals surface area contributed by atoms with E-state index in [1.807, 2.05) is 0 Å². The van der Waals surface area contributed by atoms with E-state index in [1.54, 1.807) is 37.6 Å². The summed E-state index contributed by atoms with van der Waals surface area (Å²) < 4.78 is 28.5. The molecular formula is C17H24N4O5S. The van der Waals surface area contributed by atoms with Crippen LogP contribution in [0.15, 0.2) is 23.1 Å². The molecule has 1 aromatic heterocycles. The van der Waals surface area contributed by atoms with Gasteiger partial charge >= 0.3 is 5.97 Å². The molecule has 2 N–H and O–H groups in total. The SMILES string of the molecule is CCN(CC)S(=O)(=O)c1ccc2c(c1)nc(CCC(=O)NCC(=O)O)n2C. The second-order valence-corrected chi connectivity index (χ2v) is 7.94. The molecule has 1 amide bonds. The third kappa shape index (κ3) is 4.64. The van der Waals surface area contributed by atoms with Gasteiger partial charge in [-0.2, -0.15) is 4.31 Å². The molecule has 0 aliphatic rings. The van der Waals surface area contributed by atoms with Crippen molar-refractivity contribution in [2.24, 2.45) is 7.05 Å². The van der Waals surface area contributed by atoms with Gasteiger partial charge in [0.2, 0.25) is 15.9 Å². The summed E-state index contributed by atoms with van der Waals surface area (Å²) in [6.45, 7) is 3.92. The van der Waals surface area contributed by atoms with Gasteiger partial charge in [-0.3, -0.25) is 9.59 Å². The number of hydrogen-bond acceptors (Lipinski definition) is 5. The minimum atomic E-state index is -3.57. The summed E-state index contributed by atoms with van der Waals surface area (Å²) in [6, 6.07) is 4.80. The standard InChI is InChI=1S/C17H24N4O5S/c1-4-21(5-2)27(25,26)12-6-7-14-13(10-12)19-15(20(14)3)8-9-16(22)18-11-17(23)24/h6-7,10H,4-5,8-9,11H2,1-3H3,(H,18,22)(H,23,24). The maximum atomic E-state index is 12.7. The van der Waals surface area contributed by atoms with Crippen LogP contribution in [0.5, 0.6) is 0 Å². The number of carboxylic acids is 1. The molecule has 0 saturated carbocycles. The van der Waals surface area contributed by atoms with Crippen molar-refractivity contribution in [3.63, 3.8) is 0 Å². The minimum Gasteiger partial charge on any atom is -0.480 e. The van der Waals surface area contributed by atoms with Crippen molar-refractivity contribution in [3.05, 3.63) is 24.0 Å². The molecule has 0 atom stereocenters.